The minimum Gasteiger partial charge on any atom is -0.457 e. The van der Waals surface area contributed by atoms with Gasteiger partial charge in [-0.25, -0.2) is 0 Å². The molecular formula is C25H36N2O3. The molecule has 3 aliphatic rings. The maximum absolute atomic E-state index is 6.32. The van der Waals surface area contributed by atoms with Gasteiger partial charge in [-0.2, -0.15) is 0 Å². The van der Waals surface area contributed by atoms with E-state index in [1.54, 1.807) is 0 Å². The van der Waals surface area contributed by atoms with Crippen LogP contribution in [0.5, 0.6) is 11.5 Å². The van der Waals surface area contributed by atoms with Crippen LogP contribution in [0.4, 0.5) is 11.4 Å². The van der Waals surface area contributed by atoms with Gasteiger partial charge in [0.25, 0.3) is 0 Å². The number of hydrogen-bond acceptors (Lipinski definition) is 5. The van der Waals surface area contributed by atoms with Crippen LogP contribution in [0.1, 0.15) is 38.8 Å². The van der Waals surface area contributed by atoms with Crippen molar-refractivity contribution in [3.63, 3.8) is 0 Å². The first-order valence-corrected chi connectivity index (χ1v) is 11.5. The lowest BCUT2D eigenvalue weighted by molar-refractivity contribution is 0.122. The molecule has 3 aliphatic heterocycles. The number of fused-ring (bicyclic) bond motifs is 2. The van der Waals surface area contributed by atoms with E-state index in [2.05, 4.69) is 46.2 Å². The van der Waals surface area contributed by atoms with Crippen LogP contribution in [0, 0.1) is 0 Å². The second kappa shape index (κ2) is 11.2. The number of anilines is 2. The molecule has 5 nitrogen and oxygen atoms in total. The molecule has 5 heteroatoms. The zero-order valence-corrected chi connectivity index (χ0v) is 18.9. The van der Waals surface area contributed by atoms with Gasteiger partial charge in [-0.1, -0.05) is 39.8 Å². The van der Waals surface area contributed by atoms with Crippen LogP contribution in [-0.2, 0) is 15.9 Å². The van der Waals surface area contributed by atoms with E-state index < -0.39 is 0 Å². The van der Waals surface area contributed by atoms with E-state index in [0.717, 1.165) is 70.5 Å². The monoisotopic (exact) mass is 412 g/mol. The molecule has 2 saturated heterocycles. The van der Waals surface area contributed by atoms with Crippen LogP contribution >= 0.6 is 0 Å². The highest BCUT2D eigenvalue weighted by atomic mass is 16.5. The third-order valence-corrected chi connectivity index (χ3v) is 5.45. The number of rotatable bonds is 2. The van der Waals surface area contributed by atoms with Crippen molar-refractivity contribution >= 4 is 11.4 Å². The first-order valence-electron chi connectivity index (χ1n) is 11.5. The smallest absolute Gasteiger partial charge is 0.133 e. The minimum atomic E-state index is 0.795. The van der Waals surface area contributed by atoms with E-state index in [4.69, 9.17) is 14.2 Å². The number of morpholine rings is 2. The fourth-order valence-electron chi connectivity index (χ4n) is 3.93. The quantitative estimate of drug-likeness (QED) is 0.584. The molecule has 0 saturated carbocycles. The summed E-state index contributed by atoms with van der Waals surface area (Å²) in [5, 5.41) is 0. The van der Waals surface area contributed by atoms with Gasteiger partial charge in [0.15, 0.2) is 0 Å². The molecule has 0 atom stereocenters. The molecular weight excluding hydrogens is 376 g/mol. The topological polar surface area (TPSA) is 34.2 Å². The summed E-state index contributed by atoms with van der Waals surface area (Å²) in [6, 6.07) is 13.2. The maximum Gasteiger partial charge on any atom is 0.133 e. The molecule has 0 bridgehead atoms. The van der Waals surface area contributed by atoms with Crippen molar-refractivity contribution in [2.24, 2.45) is 0 Å². The van der Waals surface area contributed by atoms with Gasteiger partial charge in [0.05, 0.1) is 26.4 Å². The molecule has 0 aromatic heterocycles. The van der Waals surface area contributed by atoms with E-state index in [0.29, 0.717) is 0 Å². The molecule has 164 valence electrons. The maximum atomic E-state index is 6.32. The summed E-state index contributed by atoms with van der Waals surface area (Å²) < 4.78 is 17.3. The minimum absolute atomic E-state index is 0.795. The Morgan fingerprint density at radius 3 is 1.40 bits per heavy atom. The molecule has 5 rings (SSSR count). The molecule has 0 spiro atoms. The van der Waals surface area contributed by atoms with Crippen LogP contribution < -0.4 is 14.5 Å². The van der Waals surface area contributed by atoms with Gasteiger partial charge < -0.3 is 24.0 Å². The fraction of sp³-hybridized carbons (Fsp3) is 0.520. The van der Waals surface area contributed by atoms with Crippen molar-refractivity contribution in [2.75, 3.05) is 62.4 Å². The molecule has 2 fully saturated rings. The van der Waals surface area contributed by atoms with Crippen molar-refractivity contribution in [1.29, 1.82) is 0 Å². The van der Waals surface area contributed by atoms with Crippen molar-refractivity contribution in [1.82, 2.24) is 0 Å². The van der Waals surface area contributed by atoms with E-state index in [1.165, 1.54) is 22.5 Å². The van der Waals surface area contributed by atoms with Gasteiger partial charge in [0, 0.05) is 56.1 Å². The molecule has 2 aromatic rings. The first kappa shape index (κ1) is 22.4. The average Bonchev–Trinajstić information content (AvgIpc) is 2.85. The zero-order valence-electron chi connectivity index (χ0n) is 18.9. The normalized spacial score (nSPS) is 17.3. The van der Waals surface area contributed by atoms with Crippen LogP contribution in [-0.4, -0.2) is 52.6 Å². The lowest BCUT2D eigenvalue weighted by atomic mass is 9.99. The van der Waals surface area contributed by atoms with Crippen molar-refractivity contribution in [2.45, 2.75) is 34.1 Å². The first-order chi connectivity index (χ1) is 14.9. The Morgan fingerprint density at radius 1 is 0.600 bits per heavy atom. The molecule has 0 aliphatic carbocycles. The van der Waals surface area contributed by atoms with Crippen molar-refractivity contribution < 1.29 is 14.2 Å². The zero-order chi connectivity index (χ0) is 21.3. The van der Waals surface area contributed by atoms with E-state index >= 15 is 0 Å². The standard InChI is InChI=1S/C21H24N2O3.2C2H6/c1-3-18(22-5-9-24-10-6-22)14-20-16(1)13-17-2-4-19(15-21(17)26-20)23-7-11-25-12-8-23;2*1-2/h1-4,14-15H,5-13H2;2*1-2H3. The van der Waals surface area contributed by atoms with Crippen LogP contribution in [0.2, 0.25) is 0 Å². The summed E-state index contributed by atoms with van der Waals surface area (Å²) in [4.78, 5) is 4.74. The van der Waals surface area contributed by atoms with Gasteiger partial charge in [0.1, 0.15) is 11.5 Å². The molecule has 3 heterocycles. The summed E-state index contributed by atoms with van der Waals surface area (Å²) in [6.07, 6.45) is 0.928. The SMILES string of the molecule is CC.CC.c1cc2c(cc1N1CCOCC1)Oc1cc(N3CCOCC3)ccc1C2. The second-order valence-corrected chi connectivity index (χ2v) is 7.06. The Bertz CT molecular complexity index is 731. The second-order valence-electron chi connectivity index (χ2n) is 7.06. The van der Waals surface area contributed by atoms with Gasteiger partial charge in [-0.15, -0.1) is 0 Å². The third kappa shape index (κ3) is 5.08. The lowest BCUT2D eigenvalue weighted by Gasteiger charge is -2.31. The summed E-state index contributed by atoms with van der Waals surface area (Å²) in [5.41, 5.74) is 4.96. The average molecular weight is 413 g/mol. The van der Waals surface area contributed by atoms with Crippen LogP contribution in [0.25, 0.3) is 0 Å². The van der Waals surface area contributed by atoms with Gasteiger partial charge in [0.2, 0.25) is 0 Å². The Hall–Kier alpha value is -2.24. The Kier molecular flexibility index (Phi) is 8.40. The molecule has 0 unspecified atom stereocenters. The Balaban J connectivity index is 0.000000606. The van der Waals surface area contributed by atoms with Gasteiger partial charge in [-0.3, -0.25) is 0 Å². The largest absolute Gasteiger partial charge is 0.457 e. The highest BCUT2D eigenvalue weighted by Gasteiger charge is 2.21. The van der Waals surface area contributed by atoms with E-state index in [-0.39, 0.29) is 0 Å². The molecule has 30 heavy (non-hydrogen) atoms. The molecule has 0 radical (unpaired) electrons. The third-order valence-electron chi connectivity index (χ3n) is 5.45. The van der Waals surface area contributed by atoms with Crippen LogP contribution in [0.15, 0.2) is 36.4 Å². The lowest BCUT2D eigenvalue weighted by Crippen LogP contribution is -2.36. The Labute approximate surface area is 181 Å². The summed E-state index contributed by atoms with van der Waals surface area (Å²) in [7, 11) is 0. The highest BCUT2D eigenvalue weighted by Crippen LogP contribution is 2.40. The van der Waals surface area contributed by atoms with Crippen molar-refractivity contribution in [3.05, 3.63) is 47.5 Å². The number of hydrogen-bond donors (Lipinski definition) is 0. The highest BCUT2D eigenvalue weighted by molar-refractivity contribution is 5.62. The molecule has 0 amide bonds. The predicted molar refractivity (Wildman–Crippen MR) is 125 cm³/mol. The fourth-order valence-corrected chi connectivity index (χ4v) is 3.93. The predicted octanol–water partition coefficient (Wildman–Crippen LogP) is 5.11. The number of ether oxygens (including phenoxy) is 3. The number of nitrogens with zero attached hydrogens (tertiary/aromatic N) is 2. The summed E-state index contributed by atoms with van der Waals surface area (Å²) in [5.74, 6) is 1.97. The van der Waals surface area contributed by atoms with Gasteiger partial charge in [-0.05, 0) is 23.3 Å². The Morgan fingerprint density at radius 2 is 1.00 bits per heavy atom. The summed E-state index contributed by atoms with van der Waals surface area (Å²) in [6.45, 7) is 14.9. The number of benzene rings is 2. The van der Waals surface area contributed by atoms with Crippen LogP contribution in [0.3, 0.4) is 0 Å². The van der Waals surface area contributed by atoms with Crippen molar-refractivity contribution in [3.8, 4) is 11.5 Å². The van der Waals surface area contributed by atoms with E-state index in [1.807, 2.05) is 27.7 Å². The van der Waals surface area contributed by atoms with E-state index in [9.17, 15) is 0 Å². The summed E-state index contributed by atoms with van der Waals surface area (Å²) >= 11 is 0. The molecule has 0 N–H and O–H groups in total. The van der Waals surface area contributed by atoms with Gasteiger partial charge >= 0.3 is 0 Å². The molecule has 2 aromatic carbocycles.